The van der Waals surface area contributed by atoms with E-state index in [2.05, 4.69) is 14.9 Å². The van der Waals surface area contributed by atoms with Gasteiger partial charge in [-0.05, 0) is 31.5 Å². The first-order valence-corrected chi connectivity index (χ1v) is 8.27. The fourth-order valence-electron chi connectivity index (χ4n) is 3.08. The number of likely N-dealkylation sites (tertiary alicyclic amines) is 1. The van der Waals surface area contributed by atoms with E-state index in [9.17, 15) is 4.79 Å². The first-order chi connectivity index (χ1) is 11.8. The lowest BCUT2D eigenvalue weighted by atomic mass is 9.99. The third kappa shape index (κ3) is 4.14. The van der Waals surface area contributed by atoms with Gasteiger partial charge in [-0.2, -0.15) is 0 Å². The topological polar surface area (TPSA) is 67.5 Å². The molecule has 6 nitrogen and oxygen atoms in total. The van der Waals surface area contributed by atoms with E-state index in [0.717, 1.165) is 37.4 Å². The van der Waals surface area contributed by atoms with Crippen LogP contribution in [0.25, 0.3) is 0 Å². The quantitative estimate of drug-likeness (QED) is 0.879. The molecule has 1 atom stereocenters. The van der Waals surface area contributed by atoms with E-state index in [1.807, 2.05) is 24.3 Å². The van der Waals surface area contributed by atoms with Gasteiger partial charge in [0.25, 0.3) is 5.56 Å². The lowest BCUT2D eigenvalue weighted by Gasteiger charge is -2.32. The van der Waals surface area contributed by atoms with Gasteiger partial charge in [0.1, 0.15) is 5.69 Å². The van der Waals surface area contributed by atoms with Crippen molar-refractivity contribution in [3.8, 4) is 11.5 Å². The van der Waals surface area contributed by atoms with Gasteiger partial charge in [0.15, 0.2) is 11.5 Å². The van der Waals surface area contributed by atoms with Gasteiger partial charge in [0.05, 0.1) is 13.7 Å². The number of para-hydroxylation sites is 2. The summed E-state index contributed by atoms with van der Waals surface area (Å²) in [6, 6.07) is 7.69. The molecule has 128 valence electrons. The highest BCUT2D eigenvalue weighted by Gasteiger charge is 2.22. The van der Waals surface area contributed by atoms with Gasteiger partial charge < -0.3 is 14.5 Å². The molecule has 6 heteroatoms. The standard InChI is InChI=1S/C18H23N3O3/c1-23-16-6-2-3-7-17(16)24-13-14-5-4-10-21(11-14)12-15-18(22)20-9-8-19-15/h2-3,6-9,14H,4-5,10-13H2,1H3,(H,20,22). The molecular weight excluding hydrogens is 306 g/mol. The highest BCUT2D eigenvalue weighted by molar-refractivity contribution is 5.39. The number of methoxy groups -OCH3 is 1. The molecule has 24 heavy (non-hydrogen) atoms. The average Bonchev–Trinajstić information content (AvgIpc) is 2.62. The number of hydrogen-bond acceptors (Lipinski definition) is 5. The summed E-state index contributed by atoms with van der Waals surface area (Å²) >= 11 is 0. The Hall–Kier alpha value is -2.34. The van der Waals surface area contributed by atoms with Crippen LogP contribution in [0.15, 0.2) is 41.5 Å². The number of hydrogen-bond donors (Lipinski definition) is 1. The van der Waals surface area contributed by atoms with Crippen LogP contribution in [0, 0.1) is 5.92 Å². The number of aromatic nitrogens is 2. The van der Waals surface area contributed by atoms with Crippen molar-refractivity contribution in [1.29, 1.82) is 0 Å². The van der Waals surface area contributed by atoms with E-state index in [4.69, 9.17) is 9.47 Å². The SMILES string of the molecule is COc1ccccc1OCC1CCCN(Cc2ncc[nH]c2=O)C1. The molecular formula is C18H23N3O3. The number of benzene rings is 1. The fraction of sp³-hybridized carbons (Fsp3) is 0.444. The lowest BCUT2D eigenvalue weighted by Crippen LogP contribution is -2.38. The largest absolute Gasteiger partial charge is 0.493 e. The summed E-state index contributed by atoms with van der Waals surface area (Å²) in [4.78, 5) is 20.9. The summed E-state index contributed by atoms with van der Waals surface area (Å²) in [5.74, 6) is 1.97. The van der Waals surface area contributed by atoms with Crippen molar-refractivity contribution in [1.82, 2.24) is 14.9 Å². The first-order valence-electron chi connectivity index (χ1n) is 8.27. The fourth-order valence-corrected chi connectivity index (χ4v) is 3.08. The molecule has 1 aromatic heterocycles. The van der Waals surface area contributed by atoms with Gasteiger partial charge >= 0.3 is 0 Å². The molecule has 3 rings (SSSR count). The Morgan fingerprint density at radius 1 is 1.33 bits per heavy atom. The van der Waals surface area contributed by atoms with Crippen LogP contribution in [-0.4, -0.2) is 41.7 Å². The van der Waals surface area contributed by atoms with Gasteiger partial charge in [-0.25, -0.2) is 0 Å². The van der Waals surface area contributed by atoms with Crippen molar-refractivity contribution in [3.63, 3.8) is 0 Å². The second kappa shape index (κ2) is 7.97. The van der Waals surface area contributed by atoms with Crippen molar-refractivity contribution in [2.24, 2.45) is 5.92 Å². The Balaban J connectivity index is 1.56. The smallest absolute Gasteiger partial charge is 0.270 e. The normalized spacial score (nSPS) is 18.3. The molecule has 0 radical (unpaired) electrons. The lowest BCUT2D eigenvalue weighted by molar-refractivity contribution is 0.122. The maximum atomic E-state index is 11.8. The molecule has 1 unspecified atom stereocenters. The molecule has 0 bridgehead atoms. The van der Waals surface area contributed by atoms with Crippen LogP contribution < -0.4 is 15.0 Å². The molecule has 1 aromatic carbocycles. The van der Waals surface area contributed by atoms with E-state index >= 15 is 0 Å². The van der Waals surface area contributed by atoms with Crippen LogP contribution in [-0.2, 0) is 6.54 Å². The highest BCUT2D eigenvalue weighted by atomic mass is 16.5. The number of nitrogens with zero attached hydrogens (tertiary/aromatic N) is 2. The second-order valence-corrected chi connectivity index (χ2v) is 6.07. The van der Waals surface area contributed by atoms with E-state index < -0.39 is 0 Å². The maximum absolute atomic E-state index is 11.8. The third-order valence-electron chi connectivity index (χ3n) is 4.30. The van der Waals surface area contributed by atoms with Crippen LogP contribution in [0.2, 0.25) is 0 Å². The predicted molar refractivity (Wildman–Crippen MR) is 91.3 cm³/mol. The van der Waals surface area contributed by atoms with Crippen LogP contribution >= 0.6 is 0 Å². The van der Waals surface area contributed by atoms with Crippen molar-refractivity contribution >= 4 is 0 Å². The van der Waals surface area contributed by atoms with Crippen molar-refractivity contribution in [3.05, 3.63) is 52.7 Å². The van der Waals surface area contributed by atoms with Crippen LogP contribution in [0.1, 0.15) is 18.5 Å². The molecule has 1 aliphatic heterocycles. The summed E-state index contributed by atoms with van der Waals surface area (Å²) in [6.45, 7) is 3.13. The van der Waals surface area contributed by atoms with Crippen LogP contribution in [0.3, 0.4) is 0 Å². The van der Waals surface area contributed by atoms with E-state index in [1.165, 1.54) is 0 Å². The number of ether oxygens (including phenoxy) is 2. The molecule has 1 saturated heterocycles. The summed E-state index contributed by atoms with van der Waals surface area (Å²) in [7, 11) is 1.65. The maximum Gasteiger partial charge on any atom is 0.270 e. The summed E-state index contributed by atoms with van der Waals surface area (Å²) < 4.78 is 11.3. The van der Waals surface area contributed by atoms with Crippen LogP contribution in [0.4, 0.5) is 0 Å². The van der Waals surface area contributed by atoms with E-state index in [0.29, 0.717) is 24.8 Å². The Morgan fingerprint density at radius 2 is 2.17 bits per heavy atom. The minimum Gasteiger partial charge on any atom is -0.493 e. The summed E-state index contributed by atoms with van der Waals surface area (Å²) in [6.07, 6.45) is 5.42. The third-order valence-corrected chi connectivity index (χ3v) is 4.30. The van der Waals surface area contributed by atoms with E-state index in [-0.39, 0.29) is 5.56 Å². The number of rotatable bonds is 6. The Kier molecular flexibility index (Phi) is 5.48. The van der Waals surface area contributed by atoms with Crippen molar-refractivity contribution in [2.75, 3.05) is 26.8 Å². The molecule has 0 spiro atoms. The Labute approximate surface area is 141 Å². The minimum absolute atomic E-state index is 0.107. The van der Waals surface area contributed by atoms with Crippen LogP contribution in [0.5, 0.6) is 11.5 Å². The second-order valence-electron chi connectivity index (χ2n) is 6.07. The predicted octanol–water partition coefficient (Wildman–Crippen LogP) is 2.07. The molecule has 2 heterocycles. The number of H-pyrrole nitrogens is 1. The van der Waals surface area contributed by atoms with Crippen molar-refractivity contribution < 1.29 is 9.47 Å². The Bertz CT molecular complexity index is 716. The molecule has 0 amide bonds. The first kappa shape index (κ1) is 16.5. The number of piperidine rings is 1. The van der Waals surface area contributed by atoms with Gasteiger partial charge in [-0.1, -0.05) is 12.1 Å². The Morgan fingerprint density at radius 3 is 2.96 bits per heavy atom. The zero-order chi connectivity index (χ0) is 16.8. The molecule has 1 aliphatic rings. The molecule has 1 fully saturated rings. The molecule has 0 saturated carbocycles. The van der Waals surface area contributed by atoms with Gasteiger partial charge in [0.2, 0.25) is 0 Å². The monoisotopic (exact) mass is 329 g/mol. The summed E-state index contributed by atoms with van der Waals surface area (Å²) in [5.41, 5.74) is 0.466. The highest BCUT2D eigenvalue weighted by Crippen LogP contribution is 2.27. The molecule has 2 aromatic rings. The number of aromatic amines is 1. The average molecular weight is 329 g/mol. The zero-order valence-electron chi connectivity index (χ0n) is 13.9. The van der Waals surface area contributed by atoms with Crippen molar-refractivity contribution in [2.45, 2.75) is 19.4 Å². The molecule has 1 N–H and O–H groups in total. The zero-order valence-corrected chi connectivity index (χ0v) is 13.9. The van der Waals surface area contributed by atoms with Gasteiger partial charge in [-0.15, -0.1) is 0 Å². The minimum atomic E-state index is -0.107. The number of nitrogens with one attached hydrogen (secondary N) is 1. The van der Waals surface area contributed by atoms with Gasteiger partial charge in [0, 0.05) is 31.4 Å². The van der Waals surface area contributed by atoms with E-state index in [1.54, 1.807) is 19.5 Å². The summed E-state index contributed by atoms with van der Waals surface area (Å²) in [5, 5.41) is 0. The molecule has 0 aliphatic carbocycles. The van der Waals surface area contributed by atoms with Gasteiger partial charge in [-0.3, -0.25) is 14.7 Å².